The van der Waals surface area contributed by atoms with Crippen LogP contribution in [0.15, 0.2) is 24.3 Å². The van der Waals surface area contributed by atoms with Gasteiger partial charge in [-0.2, -0.15) is 18.3 Å². The minimum Gasteiger partial charge on any atom is -0.378 e. The molecule has 1 fully saturated rings. The molecule has 1 saturated heterocycles. The number of alkyl halides is 3. The molecule has 31 heavy (non-hydrogen) atoms. The molecule has 166 valence electrons. The van der Waals surface area contributed by atoms with Crippen LogP contribution in [-0.2, 0) is 30.9 Å². The van der Waals surface area contributed by atoms with E-state index < -0.39 is 17.8 Å². The molecule has 2 aromatic rings. The highest BCUT2D eigenvalue weighted by atomic mass is 19.4. The molecule has 2 aliphatic rings. The van der Waals surface area contributed by atoms with Crippen LogP contribution >= 0.6 is 0 Å². The number of rotatable bonds is 2. The molecule has 1 N–H and O–H groups in total. The summed E-state index contributed by atoms with van der Waals surface area (Å²) in [4.78, 5) is 28.8. The molecular formula is C20H22F3N5O3. The number of aryl methyl sites for hydroxylation is 1. The van der Waals surface area contributed by atoms with Gasteiger partial charge < -0.3 is 19.9 Å². The topological polar surface area (TPSA) is 79.7 Å². The van der Waals surface area contributed by atoms with E-state index in [-0.39, 0.29) is 18.1 Å². The lowest BCUT2D eigenvalue weighted by atomic mass is 10.0. The van der Waals surface area contributed by atoms with Gasteiger partial charge in [-0.1, -0.05) is 6.07 Å². The van der Waals surface area contributed by atoms with Gasteiger partial charge in [-0.25, -0.2) is 4.79 Å². The quantitative estimate of drug-likeness (QED) is 0.783. The molecule has 3 amide bonds. The van der Waals surface area contributed by atoms with Crippen LogP contribution in [0.25, 0.3) is 0 Å². The van der Waals surface area contributed by atoms with Crippen molar-refractivity contribution in [2.24, 2.45) is 7.05 Å². The zero-order valence-electron chi connectivity index (χ0n) is 16.9. The number of urea groups is 1. The van der Waals surface area contributed by atoms with E-state index in [9.17, 15) is 22.8 Å². The van der Waals surface area contributed by atoms with Gasteiger partial charge in [-0.05, 0) is 18.2 Å². The van der Waals surface area contributed by atoms with E-state index in [0.29, 0.717) is 50.5 Å². The van der Waals surface area contributed by atoms with E-state index in [0.717, 1.165) is 17.8 Å². The number of hydrogen-bond acceptors (Lipinski definition) is 4. The summed E-state index contributed by atoms with van der Waals surface area (Å²) in [5.74, 6) is -0.208. The van der Waals surface area contributed by atoms with Crippen LogP contribution in [0, 0.1) is 0 Å². The van der Waals surface area contributed by atoms with Crippen molar-refractivity contribution in [3.05, 3.63) is 46.8 Å². The maximum absolute atomic E-state index is 13.0. The zero-order chi connectivity index (χ0) is 22.2. The standard InChI is InChI=1S/C20H22F3N5O3/c1-26-16-5-6-28(19(30)24-14-4-2-3-13(11-14)20(21,22)23)12-15(16)17(25-26)18(29)27-7-9-31-10-8-27/h2-4,11H,5-10,12H2,1H3,(H,24,30). The van der Waals surface area contributed by atoms with Crippen LogP contribution < -0.4 is 5.32 Å². The number of anilines is 1. The number of fused-ring (bicyclic) bond motifs is 1. The monoisotopic (exact) mass is 437 g/mol. The van der Waals surface area contributed by atoms with Gasteiger partial charge in [0.05, 0.1) is 25.3 Å². The summed E-state index contributed by atoms with van der Waals surface area (Å²) >= 11 is 0. The Morgan fingerprint density at radius 1 is 1.13 bits per heavy atom. The van der Waals surface area contributed by atoms with E-state index in [4.69, 9.17) is 4.74 Å². The normalized spacial score (nSPS) is 16.8. The molecule has 0 bridgehead atoms. The van der Waals surface area contributed by atoms with Crippen molar-refractivity contribution < 1.29 is 27.5 Å². The second-order valence-electron chi connectivity index (χ2n) is 7.48. The molecule has 0 spiro atoms. The number of halogens is 3. The second-order valence-corrected chi connectivity index (χ2v) is 7.48. The summed E-state index contributed by atoms with van der Waals surface area (Å²) in [7, 11) is 1.76. The molecule has 3 heterocycles. The van der Waals surface area contributed by atoms with Crippen LogP contribution in [0.3, 0.4) is 0 Å². The van der Waals surface area contributed by atoms with Crippen molar-refractivity contribution in [3.63, 3.8) is 0 Å². The largest absolute Gasteiger partial charge is 0.416 e. The summed E-state index contributed by atoms with van der Waals surface area (Å²) in [5.41, 5.74) is 1.07. The highest BCUT2D eigenvalue weighted by Crippen LogP contribution is 2.31. The van der Waals surface area contributed by atoms with Crippen molar-refractivity contribution in [1.29, 1.82) is 0 Å². The van der Waals surface area contributed by atoms with Gasteiger partial charge in [0, 0.05) is 50.0 Å². The van der Waals surface area contributed by atoms with Gasteiger partial charge in [-0.15, -0.1) is 0 Å². The number of benzene rings is 1. The van der Waals surface area contributed by atoms with Crippen LogP contribution in [0.4, 0.5) is 23.7 Å². The average molecular weight is 437 g/mol. The van der Waals surface area contributed by atoms with E-state index >= 15 is 0 Å². The number of hydrogen-bond donors (Lipinski definition) is 1. The molecule has 4 rings (SSSR count). The third-order valence-electron chi connectivity index (χ3n) is 5.47. The molecule has 0 radical (unpaired) electrons. The van der Waals surface area contributed by atoms with E-state index in [1.165, 1.54) is 17.0 Å². The third kappa shape index (κ3) is 4.36. The van der Waals surface area contributed by atoms with Gasteiger partial charge in [0.1, 0.15) is 0 Å². The van der Waals surface area contributed by atoms with Crippen molar-refractivity contribution in [3.8, 4) is 0 Å². The van der Waals surface area contributed by atoms with Crippen LogP contribution in [0.2, 0.25) is 0 Å². The van der Waals surface area contributed by atoms with Gasteiger partial charge in [0.15, 0.2) is 5.69 Å². The first-order chi connectivity index (χ1) is 14.7. The summed E-state index contributed by atoms with van der Waals surface area (Å²) < 4.78 is 45.7. The number of nitrogens with one attached hydrogen (secondary N) is 1. The van der Waals surface area contributed by atoms with Crippen LogP contribution in [0.1, 0.15) is 27.3 Å². The van der Waals surface area contributed by atoms with E-state index in [1.54, 1.807) is 16.6 Å². The lowest BCUT2D eigenvalue weighted by Gasteiger charge is -2.29. The predicted octanol–water partition coefficient (Wildman–Crippen LogP) is 2.50. The highest BCUT2D eigenvalue weighted by molar-refractivity contribution is 5.95. The smallest absolute Gasteiger partial charge is 0.378 e. The van der Waals surface area contributed by atoms with E-state index in [2.05, 4.69) is 10.4 Å². The number of morpholine rings is 1. The minimum absolute atomic E-state index is 0.0569. The molecular weight excluding hydrogens is 415 g/mol. The summed E-state index contributed by atoms with van der Waals surface area (Å²) in [5, 5.41) is 6.91. The number of amides is 3. The molecule has 1 aromatic carbocycles. The first kappa shape index (κ1) is 21.2. The summed E-state index contributed by atoms with van der Waals surface area (Å²) in [6.45, 7) is 2.40. The van der Waals surface area contributed by atoms with Gasteiger partial charge >= 0.3 is 12.2 Å². The maximum Gasteiger partial charge on any atom is 0.416 e. The average Bonchev–Trinajstić information content (AvgIpc) is 3.09. The minimum atomic E-state index is -4.49. The summed E-state index contributed by atoms with van der Waals surface area (Å²) in [6.07, 6.45) is -4.00. The Morgan fingerprint density at radius 2 is 1.87 bits per heavy atom. The Morgan fingerprint density at radius 3 is 2.58 bits per heavy atom. The van der Waals surface area contributed by atoms with Crippen molar-refractivity contribution in [2.75, 3.05) is 38.2 Å². The van der Waals surface area contributed by atoms with Crippen molar-refractivity contribution in [1.82, 2.24) is 19.6 Å². The number of ether oxygens (including phenoxy) is 1. The van der Waals surface area contributed by atoms with Crippen LogP contribution in [0.5, 0.6) is 0 Å². The number of carbonyl (C=O) groups is 2. The Bertz CT molecular complexity index is 998. The number of aromatic nitrogens is 2. The molecule has 11 heteroatoms. The molecule has 0 unspecified atom stereocenters. The molecule has 0 atom stereocenters. The Kier molecular flexibility index (Phi) is 5.61. The predicted molar refractivity (Wildman–Crippen MR) is 105 cm³/mol. The Labute approximate surface area is 176 Å². The van der Waals surface area contributed by atoms with E-state index in [1.807, 2.05) is 0 Å². The Hall–Kier alpha value is -3.08. The number of carbonyl (C=O) groups excluding carboxylic acids is 2. The van der Waals surface area contributed by atoms with Crippen LogP contribution in [-0.4, -0.2) is 64.4 Å². The Balaban J connectivity index is 1.51. The fourth-order valence-electron chi connectivity index (χ4n) is 3.83. The molecule has 0 aliphatic carbocycles. The SMILES string of the molecule is Cn1nc(C(=O)N2CCOCC2)c2c1CCN(C(=O)Nc1cccc(C(F)(F)F)c1)C2. The molecule has 8 nitrogen and oxygen atoms in total. The van der Waals surface area contributed by atoms with Crippen molar-refractivity contribution >= 4 is 17.6 Å². The maximum atomic E-state index is 13.0. The second kappa shape index (κ2) is 8.22. The molecule has 0 saturated carbocycles. The third-order valence-corrected chi connectivity index (χ3v) is 5.47. The summed E-state index contributed by atoms with van der Waals surface area (Å²) in [6, 6.07) is 3.96. The fourth-order valence-corrected chi connectivity index (χ4v) is 3.83. The first-order valence-electron chi connectivity index (χ1n) is 9.89. The lowest BCUT2D eigenvalue weighted by Crippen LogP contribution is -2.42. The van der Waals surface area contributed by atoms with Gasteiger partial charge in [0.2, 0.25) is 0 Å². The van der Waals surface area contributed by atoms with Gasteiger partial charge in [-0.3, -0.25) is 9.48 Å². The first-order valence-corrected chi connectivity index (χ1v) is 9.89. The molecule has 2 aliphatic heterocycles. The fraction of sp³-hybridized carbons (Fsp3) is 0.450. The highest BCUT2D eigenvalue weighted by Gasteiger charge is 2.33. The van der Waals surface area contributed by atoms with Gasteiger partial charge in [0.25, 0.3) is 5.91 Å². The number of nitrogens with zero attached hydrogens (tertiary/aromatic N) is 4. The zero-order valence-corrected chi connectivity index (χ0v) is 16.9. The lowest BCUT2D eigenvalue weighted by molar-refractivity contribution is -0.137. The van der Waals surface area contributed by atoms with Crippen molar-refractivity contribution in [2.45, 2.75) is 19.1 Å². The molecule has 1 aromatic heterocycles.